The molecule has 3 rings (SSSR count). The molecule has 1 saturated heterocycles. The van der Waals surface area contributed by atoms with E-state index in [4.69, 9.17) is 21.2 Å². The van der Waals surface area contributed by atoms with Gasteiger partial charge in [-0.25, -0.2) is 9.37 Å². The Bertz CT molecular complexity index is 663. The van der Waals surface area contributed by atoms with E-state index in [0.717, 1.165) is 31.5 Å². The van der Waals surface area contributed by atoms with Crippen LogP contribution in [0.25, 0.3) is 0 Å². The van der Waals surface area contributed by atoms with Crippen LogP contribution in [0.3, 0.4) is 0 Å². The third-order valence-corrected chi connectivity index (χ3v) is 3.86. The normalized spacial score (nSPS) is 15.4. The first kappa shape index (κ1) is 16.0. The molecule has 1 fully saturated rings. The Balaban J connectivity index is 1.60. The molecule has 0 amide bonds. The van der Waals surface area contributed by atoms with Crippen LogP contribution in [0.2, 0.25) is 5.02 Å². The van der Waals surface area contributed by atoms with Crippen LogP contribution >= 0.6 is 11.6 Å². The van der Waals surface area contributed by atoms with Crippen LogP contribution in [-0.2, 0) is 6.61 Å². The molecule has 2 aromatic rings. The summed E-state index contributed by atoms with van der Waals surface area (Å²) in [5.74, 6) is 0.227. The highest BCUT2D eigenvalue weighted by molar-refractivity contribution is 6.30. The summed E-state index contributed by atoms with van der Waals surface area (Å²) >= 11 is 5.72. The van der Waals surface area contributed by atoms with Gasteiger partial charge in [0.25, 0.3) is 0 Å². The second-order valence-corrected chi connectivity index (χ2v) is 5.88. The Kier molecular flexibility index (Phi) is 5.31. The van der Waals surface area contributed by atoms with Crippen molar-refractivity contribution in [3.8, 4) is 11.6 Å². The summed E-state index contributed by atoms with van der Waals surface area (Å²) in [6.45, 7) is 2.06. The Morgan fingerprint density at radius 2 is 1.96 bits per heavy atom. The molecule has 0 bridgehead atoms. The van der Waals surface area contributed by atoms with E-state index in [1.807, 2.05) is 17.2 Å². The van der Waals surface area contributed by atoms with Crippen LogP contribution in [0.5, 0.6) is 11.6 Å². The standard InChI is InChI=1S/C17H18ClFN2O2/c18-14-4-5-16(15(19)11-14)22-12-13-6-7-20-17(10-13)23-21-8-2-1-3-9-21/h4-7,10-11H,1-3,8-9,12H2. The van der Waals surface area contributed by atoms with E-state index < -0.39 is 5.82 Å². The summed E-state index contributed by atoms with van der Waals surface area (Å²) in [4.78, 5) is 9.97. The van der Waals surface area contributed by atoms with Crippen molar-refractivity contribution in [3.63, 3.8) is 0 Å². The lowest BCUT2D eigenvalue weighted by atomic mass is 10.2. The lowest BCUT2D eigenvalue weighted by molar-refractivity contribution is -0.0758. The fourth-order valence-electron chi connectivity index (χ4n) is 2.43. The number of hydrogen-bond donors (Lipinski definition) is 0. The van der Waals surface area contributed by atoms with Gasteiger partial charge in [-0.3, -0.25) is 0 Å². The average molecular weight is 337 g/mol. The van der Waals surface area contributed by atoms with Crippen molar-refractivity contribution >= 4 is 11.6 Å². The Morgan fingerprint density at radius 1 is 1.13 bits per heavy atom. The summed E-state index contributed by atoms with van der Waals surface area (Å²) in [6.07, 6.45) is 5.18. The molecule has 2 heterocycles. The van der Waals surface area contributed by atoms with Gasteiger partial charge in [0.05, 0.1) is 0 Å². The molecule has 4 nitrogen and oxygen atoms in total. The molecule has 1 aromatic carbocycles. The van der Waals surface area contributed by atoms with Crippen LogP contribution in [0.4, 0.5) is 4.39 Å². The van der Waals surface area contributed by atoms with E-state index in [0.29, 0.717) is 10.9 Å². The second-order valence-electron chi connectivity index (χ2n) is 5.45. The number of benzene rings is 1. The van der Waals surface area contributed by atoms with E-state index in [1.165, 1.54) is 18.6 Å². The summed E-state index contributed by atoms with van der Waals surface area (Å²) < 4.78 is 19.2. The number of aromatic nitrogens is 1. The van der Waals surface area contributed by atoms with Gasteiger partial charge in [-0.15, -0.1) is 5.06 Å². The van der Waals surface area contributed by atoms with Gasteiger partial charge in [0, 0.05) is 30.4 Å². The Hall–Kier alpha value is -1.85. The molecule has 1 aliphatic heterocycles. The maximum absolute atomic E-state index is 13.7. The maximum atomic E-state index is 13.7. The molecular formula is C17H18ClFN2O2. The average Bonchev–Trinajstić information content (AvgIpc) is 2.55. The molecule has 0 N–H and O–H groups in total. The zero-order valence-electron chi connectivity index (χ0n) is 12.7. The van der Waals surface area contributed by atoms with Gasteiger partial charge in [-0.2, -0.15) is 0 Å². The molecule has 6 heteroatoms. The first-order valence-corrected chi connectivity index (χ1v) is 8.04. The zero-order chi connectivity index (χ0) is 16.1. The largest absolute Gasteiger partial charge is 0.486 e. The van der Waals surface area contributed by atoms with Crippen LogP contribution in [0.15, 0.2) is 36.5 Å². The van der Waals surface area contributed by atoms with Crippen molar-refractivity contribution in [2.45, 2.75) is 25.9 Å². The van der Waals surface area contributed by atoms with E-state index in [-0.39, 0.29) is 12.4 Å². The lowest BCUT2D eigenvalue weighted by Gasteiger charge is -2.25. The van der Waals surface area contributed by atoms with Gasteiger partial charge in [0.2, 0.25) is 5.88 Å². The SMILES string of the molecule is Fc1cc(Cl)ccc1OCc1ccnc(ON2CCCCC2)c1. The quantitative estimate of drug-likeness (QED) is 0.818. The number of hydroxylamine groups is 2. The Labute approximate surface area is 139 Å². The fraction of sp³-hybridized carbons (Fsp3) is 0.353. The van der Waals surface area contributed by atoms with E-state index in [2.05, 4.69) is 4.98 Å². The number of rotatable bonds is 5. The topological polar surface area (TPSA) is 34.6 Å². The van der Waals surface area contributed by atoms with Crippen LogP contribution < -0.4 is 9.57 Å². The number of ether oxygens (including phenoxy) is 1. The summed E-state index contributed by atoms with van der Waals surface area (Å²) in [7, 11) is 0. The van der Waals surface area contributed by atoms with Gasteiger partial charge in [0.1, 0.15) is 6.61 Å². The third-order valence-electron chi connectivity index (χ3n) is 3.63. The molecule has 23 heavy (non-hydrogen) atoms. The summed E-state index contributed by atoms with van der Waals surface area (Å²) in [5, 5.41) is 2.27. The van der Waals surface area contributed by atoms with Crippen molar-refractivity contribution < 1.29 is 14.0 Å². The molecule has 0 spiro atoms. The monoisotopic (exact) mass is 336 g/mol. The van der Waals surface area contributed by atoms with Crippen molar-refractivity contribution in [1.82, 2.24) is 10.0 Å². The van der Waals surface area contributed by atoms with E-state index in [9.17, 15) is 4.39 Å². The van der Waals surface area contributed by atoms with E-state index in [1.54, 1.807) is 12.3 Å². The van der Waals surface area contributed by atoms with Gasteiger partial charge >= 0.3 is 0 Å². The number of halogens is 2. The molecule has 0 atom stereocenters. The smallest absolute Gasteiger partial charge is 0.238 e. The van der Waals surface area contributed by atoms with Crippen molar-refractivity contribution in [3.05, 3.63) is 52.9 Å². The van der Waals surface area contributed by atoms with Crippen LogP contribution in [0, 0.1) is 5.82 Å². The van der Waals surface area contributed by atoms with Crippen LogP contribution in [0.1, 0.15) is 24.8 Å². The number of hydrogen-bond acceptors (Lipinski definition) is 4. The number of pyridine rings is 1. The van der Waals surface area contributed by atoms with Gasteiger partial charge in [-0.1, -0.05) is 18.0 Å². The lowest BCUT2D eigenvalue weighted by Crippen LogP contribution is -2.33. The summed E-state index contributed by atoms with van der Waals surface area (Å²) in [5.41, 5.74) is 0.862. The minimum Gasteiger partial charge on any atom is -0.486 e. The highest BCUT2D eigenvalue weighted by atomic mass is 35.5. The van der Waals surface area contributed by atoms with E-state index >= 15 is 0 Å². The fourth-order valence-corrected chi connectivity index (χ4v) is 2.59. The molecule has 1 aromatic heterocycles. The molecule has 1 aliphatic rings. The summed E-state index contributed by atoms with van der Waals surface area (Å²) in [6, 6.07) is 7.97. The molecule has 0 radical (unpaired) electrons. The zero-order valence-corrected chi connectivity index (χ0v) is 13.4. The minimum atomic E-state index is -0.476. The molecular weight excluding hydrogens is 319 g/mol. The number of piperidine rings is 1. The Morgan fingerprint density at radius 3 is 2.74 bits per heavy atom. The second kappa shape index (κ2) is 7.62. The highest BCUT2D eigenvalue weighted by Crippen LogP contribution is 2.22. The predicted octanol–water partition coefficient (Wildman–Crippen LogP) is 4.23. The molecule has 122 valence electrons. The maximum Gasteiger partial charge on any atom is 0.238 e. The molecule has 0 unspecified atom stereocenters. The van der Waals surface area contributed by atoms with Crippen LogP contribution in [-0.4, -0.2) is 23.1 Å². The first-order chi connectivity index (χ1) is 11.2. The number of nitrogens with zero attached hydrogens (tertiary/aromatic N) is 2. The van der Waals surface area contributed by atoms with Gasteiger partial charge in [0.15, 0.2) is 11.6 Å². The molecule has 0 aliphatic carbocycles. The predicted molar refractivity (Wildman–Crippen MR) is 86.0 cm³/mol. The van der Waals surface area contributed by atoms with Crippen molar-refractivity contribution in [2.75, 3.05) is 13.1 Å². The van der Waals surface area contributed by atoms with Crippen molar-refractivity contribution in [1.29, 1.82) is 0 Å². The molecule has 0 saturated carbocycles. The minimum absolute atomic E-state index is 0.171. The highest BCUT2D eigenvalue weighted by Gasteiger charge is 2.12. The third kappa shape index (κ3) is 4.56. The van der Waals surface area contributed by atoms with Gasteiger partial charge < -0.3 is 9.57 Å². The van der Waals surface area contributed by atoms with Gasteiger partial charge in [-0.05, 0) is 42.7 Å². The van der Waals surface area contributed by atoms with Crippen molar-refractivity contribution in [2.24, 2.45) is 0 Å². The first-order valence-electron chi connectivity index (χ1n) is 7.66.